The Bertz CT molecular complexity index is 1230. The molecule has 1 heterocycles. The Morgan fingerprint density at radius 2 is 1.69 bits per heavy atom. The van der Waals surface area contributed by atoms with Gasteiger partial charge in [0.15, 0.2) is 0 Å². The average molecular weight is 594 g/mol. The van der Waals surface area contributed by atoms with E-state index in [-0.39, 0.29) is 11.9 Å². The van der Waals surface area contributed by atoms with Gasteiger partial charge < -0.3 is 25.6 Å². The molecule has 3 aromatic rings. The zero-order chi connectivity index (χ0) is 27.5. The van der Waals surface area contributed by atoms with E-state index in [9.17, 15) is 9.59 Å². The fourth-order valence-electron chi connectivity index (χ4n) is 4.87. The molecule has 1 fully saturated rings. The van der Waals surface area contributed by atoms with Crippen molar-refractivity contribution >= 4 is 44.9 Å². The summed E-state index contributed by atoms with van der Waals surface area (Å²) in [5.41, 5.74) is 4.06. The number of nitrogens with zero attached hydrogens (tertiary/aromatic N) is 1. The van der Waals surface area contributed by atoms with Gasteiger partial charge >= 0.3 is 6.03 Å². The molecule has 1 saturated heterocycles. The second-order valence-corrected chi connectivity index (χ2v) is 10.7. The lowest BCUT2D eigenvalue weighted by Crippen LogP contribution is -2.36. The van der Waals surface area contributed by atoms with Gasteiger partial charge in [0.1, 0.15) is 0 Å². The number of halogens is 1. The van der Waals surface area contributed by atoms with Gasteiger partial charge in [-0.05, 0) is 80.5 Å². The van der Waals surface area contributed by atoms with Crippen LogP contribution in [-0.4, -0.2) is 44.8 Å². The zero-order valence-electron chi connectivity index (χ0n) is 22.4. The van der Waals surface area contributed by atoms with Crippen LogP contribution in [0.4, 0.5) is 21.9 Å². The van der Waals surface area contributed by atoms with Gasteiger partial charge in [-0.15, -0.1) is 0 Å². The highest BCUT2D eigenvalue weighted by atomic mass is 79.9. The van der Waals surface area contributed by atoms with Crippen molar-refractivity contribution in [1.82, 2.24) is 5.32 Å². The number of hydrogen-bond donors (Lipinski definition) is 3. The summed E-state index contributed by atoms with van der Waals surface area (Å²) in [6, 6.07) is 23.2. The van der Waals surface area contributed by atoms with Gasteiger partial charge in [0.05, 0.1) is 5.56 Å². The number of nitrogens with one attached hydrogen (secondary N) is 3. The molecule has 3 aromatic carbocycles. The van der Waals surface area contributed by atoms with E-state index in [2.05, 4.69) is 67.1 Å². The number of carbonyl (C=O) groups excluding carboxylic acids is 2. The first-order valence-electron chi connectivity index (χ1n) is 13.6. The quantitative estimate of drug-likeness (QED) is 0.216. The topological polar surface area (TPSA) is 82.7 Å². The molecule has 0 bridgehead atoms. The molecule has 0 aromatic heterocycles. The number of anilines is 3. The lowest BCUT2D eigenvalue weighted by molar-refractivity contribution is 0.0944. The Morgan fingerprint density at radius 3 is 2.41 bits per heavy atom. The molecule has 0 atom stereocenters. The zero-order valence-corrected chi connectivity index (χ0v) is 24.0. The third kappa shape index (κ3) is 8.83. The monoisotopic (exact) mass is 592 g/mol. The molecule has 0 unspecified atom stereocenters. The van der Waals surface area contributed by atoms with E-state index in [0.29, 0.717) is 42.6 Å². The molecule has 0 spiro atoms. The van der Waals surface area contributed by atoms with Gasteiger partial charge in [0, 0.05) is 54.4 Å². The van der Waals surface area contributed by atoms with E-state index in [0.717, 1.165) is 48.9 Å². The predicted octanol–water partition coefficient (Wildman–Crippen LogP) is 6.71. The van der Waals surface area contributed by atoms with Crippen LogP contribution >= 0.6 is 15.9 Å². The summed E-state index contributed by atoms with van der Waals surface area (Å²) in [6.07, 6.45) is 3.96. The molecule has 206 valence electrons. The third-order valence-electron chi connectivity index (χ3n) is 6.86. The van der Waals surface area contributed by atoms with Crippen LogP contribution < -0.4 is 20.9 Å². The molecule has 0 radical (unpaired) electrons. The Morgan fingerprint density at radius 1 is 0.949 bits per heavy atom. The minimum Gasteiger partial charge on any atom is -0.382 e. The number of carbonyl (C=O) groups is 2. The van der Waals surface area contributed by atoms with Gasteiger partial charge in [0.2, 0.25) is 0 Å². The highest BCUT2D eigenvalue weighted by molar-refractivity contribution is 9.10. The summed E-state index contributed by atoms with van der Waals surface area (Å²) >= 11 is 3.42. The smallest absolute Gasteiger partial charge is 0.323 e. The first kappa shape index (κ1) is 28.6. The summed E-state index contributed by atoms with van der Waals surface area (Å²) in [7, 11) is 0. The number of ether oxygens (including phenoxy) is 1. The number of hydrogen-bond acceptors (Lipinski definition) is 4. The van der Waals surface area contributed by atoms with Gasteiger partial charge in [-0.3, -0.25) is 4.79 Å². The molecule has 8 heteroatoms. The van der Waals surface area contributed by atoms with Crippen molar-refractivity contribution in [3.8, 4) is 0 Å². The minimum atomic E-state index is -0.370. The predicted molar refractivity (Wildman–Crippen MR) is 162 cm³/mol. The molecule has 39 heavy (non-hydrogen) atoms. The highest BCUT2D eigenvalue weighted by Gasteiger charge is 2.24. The van der Waals surface area contributed by atoms with E-state index in [1.807, 2.05) is 43.3 Å². The largest absolute Gasteiger partial charge is 0.382 e. The molecule has 7 nitrogen and oxygen atoms in total. The normalized spacial score (nSPS) is 13.6. The number of piperidine rings is 1. The van der Waals surface area contributed by atoms with Gasteiger partial charge in [-0.2, -0.15) is 0 Å². The van der Waals surface area contributed by atoms with E-state index in [1.54, 1.807) is 6.07 Å². The van der Waals surface area contributed by atoms with Crippen molar-refractivity contribution in [2.24, 2.45) is 5.92 Å². The van der Waals surface area contributed by atoms with E-state index >= 15 is 0 Å². The first-order chi connectivity index (χ1) is 19.0. The lowest BCUT2D eigenvalue weighted by Gasteiger charge is -2.35. The molecule has 1 aliphatic rings. The maximum atomic E-state index is 13.3. The molecular formula is C31H37BrN4O3. The summed E-state index contributed by atoms with van der Waals surface area (Å²) in [5.74, 6) is 0.478. The van der Waals surface area contributed by atoms with Crippen LogP contribution in [0.2, 0.25) is 0 Å². The van der Waals surface area contributed by atoms with Crippen molar-refractivity contribution in [3.63, 3.8) is 0 Å². The fraction of sp³-hybridized carbons (Fsp3) is 0.355. The molecule has 1 aliphatic heterocycles. The number of urea groups is 1. The summed E-state index contributed by atoms with van der Waals surface area (Å²) in [6.45, 7) is 5.53. The Labute approximate surface area is 239 Å². The van der Waals surface area contributed by atoms with Crippen LogP contribution in [0.1, 0.15) is 42.1 Å². The van der Waals surface area contributed by atoms with E-state index in [4.69, 9.17) is 4.74 Å². The molecular weight excluding hydrogens is 556 g/mol. The summed E-state index contributed by atoms with van der Waals surface area (Å²) < 4.78 is 6.27. The Kier molecular flexibility index (Phi) is 10.8. The van der Waals surface area contributed by atoms with E-state index in [1.165, 1.54) is 5.56 Å². The molecule has 0 saturated carbocycles. The van der Waals surface area contributed by atoms with Crippen LogP contribution in [0.5, 0.6) is 0 Å². The van der Waals surface area contributed by atoms with Crippen LogP contribution in [0.15, 0.2) is 77.3 Å². The Balaban J connectivity index is 1.44. The lowest BCUT2D eigenvalue weighted by atomic mass is 9.89. The maximum absolute atomic E-state index is 13.3. The number of rotatable bonds is 11. The van der Waals surface area contributed by atoms with Gasteiger partial charge in [-0.25, -0.2) is 4.79 Å². The van der Waals surface area contributed by atoms with Crippen LogP contribution in [0.3, 0.4) is 0 Å². The second kappa shape index (κ2) is 14.7. The first-order valence-corrected chi connectivity index (χ1v) is 14.4. The van der Waals surface area contributed by atoms with E-state index < -0.39 is 0 Å². The summed E-state index contributed by atoms with van der Waals surface area (Å²) in [5, 5.41) is 8.73. The Hall–Kier alpha value is -3.36. The molecule has 3 N–H and O–H groups in total. The molecule has 0 aliphatic carbocycles. The number of benzene rings is 3. The van der Waals surface area contributed by atoms with Crippen molar-refractivity contribution in [3.05, 3.63) is 88.4 Å². The van der Waals surface area contributed by atoms with Crippen LogP contribution in [0, 0.1) is 5.92 Å². The SMILES string of the molecule is CCOCCCNC(=O)c1cc(NC(=O)Nc2cccc(Br)c2)ccc1N1CCC(Cc2ccccc2)CC1. The standard InChI is InChI=1S/C31H37BrN4O3/c1-2-39-19-7-16-33-30(37)28-22-27(35-31(38)34-26-11-6-10-25(32)21-26)12-13-29(28)36-17-14-24(15-18-36)20-23-8-4-3-5-9-23/h3-6,8-13,21-22,24H,2,7,14-20H2,1H3,(H,33,37)(H2,34,35,38). The van der Waals surface area contributed by atoms with Crippen LogP contribution in [0.25, 0.3) is 0 Å². The minimum absolute atomic E-state index is 0.149. The van der Waals surface area contributed by atoms with Crippen molar-refractivity contribution in [2.45, 2.75) is 32.6 Å². The molecule has 3 amide bonds. The average Bonchev–Trinajstić information content (AvgIpc) is 2.94. The van der Waals surface area contributed by atoms with Gasteiger partial charge in [0.25, 0.3) is 5.91 Å². The van der Waals surface area contributed by atoms with Crippen molar-refractivity contribution < 1.29 is 14.3 Å². The van der Waals surface area contributed by atoms with Crippen LogP contribution in [-0.2, 0) is 11.2 Å². The number of amides is 3. The third-order valence-corrected chi connectivity index (χ3v) is 7.35. The second-order valence-electron chi connectivity index (χ2n) is 9.75. The van der Waals surface area contributed by atoms with Crippen molar-refractivity contribution in [1.29, 1.82) is 0 Å². The highest BCUT2D eigenvalue weighted by Crippen LogP contribution is 2.30. The fourth-order valence-corrected chi connectivity index (χ4v) is 5.27. The maximum Gasteiger partial charge on any atom is 0.323 e. The van der Waals surface area contributed by atoms with Crippen molar-refractivity contribution in [2.75, 3.05) is 48.4 Å². The van der Waals surface area contributed by atoms with Gasteiger partial charge in [-0.1, -0.05) is 52.3 Å². The summed E-state index contributed by atoms with van der Waals surface area (Å²) in [4.78, 5) is 28.3. The molecule has 4 rings (SSSR count).